The SMILES string of the molecule is CC(C)(C)c1ccccc1Nc1nncc(Nc2ccccc2Cl)n1. The maximum atomic E-state index is 6.17. The lowest BCUT2D eigenvalue weighted by molar-refractivity contribution is 0.592. The molecule has 0 radical (unpaired) electrons. The predicted octanol–water partition coefficient (Wildman–Crippen LogP) is 5.31. The summed E-state index contributed by atoms with van der Waals surface area (Å²) >= 11 is 6.17. The summed E-state index contributed by atoms with van der Waals surface area (Å²) in [5, 5.41) is 15.1. The largest absolute Gasteiger partial charge is 0.338 e. The molecule has 1 heterocycles. The highest BCUT2D eigenvalue weighted by Crippen LogP contribution is 2.30. The van der Waals surface area contributed by atoms with Crippen molar-refractivity contribution < 1.29 is 0 Å². The van der Waals surface area contributed by atoms with Crippen molar-refractivity contribution in [1.82, 2.24) is 15.2 Å². The van der Waals surface area contributed by atoms with Gasteiger partial charge in [0.2, 0.25) is 5.95 Å². The average molecular weight is 354 g/mol. The van der Waals surface area contributed by atoms with Gasteiger partial charge in [-0.1, -0.05) is 62.7 Å². The molecule has 0 amide bonds. The third-order valence-corrected chi connectivity index (χ3v) is 4.01. The first kappa shape index (κ1) is 17.2. The second-order valence-corrected chi connectivity index (χ2v) is 7.10. The van der Waals surface area contributed by atoms with E-state index < -0.39 is 0 Å². The van der Waals surface area contributed by atoms with Crippen LogP contribution in [0.15, 0.2) is 54.7 Å². The Morgan fingerprint density at radius 3 is 2.28 bits per heavy atom. The molecule has 0 aliphatic rings. The molecule has 2 aromatic carbocycles. The molecule has 2 N–H and O–H groups in total. The topological polar surface area (TPSA) is 62.7 Å². The van der Waals surface area contributed by atoms with E-state index in [1.54, 1.807) is 6.20 Å². The second-order valence-electron chi connectivity index (χ2n) is 6.69. The first-order valence-electron chi connectivity index (χ1n) is 8.01. The third-order valence-electron chi connectivity index (χ3n) is 3.68. The van der Waals surface area contributed by atoms with Gasteiger partial charge in [-0.25, -0.2) is 0 Å². The first-order chi connectivity index (χ1) is 11.9. The zero-order chi connectivity index (χ0) is 17.9. The maximum Gasteiger partial charge on any atom is 0.249 e. The molecule has 3 rings (SSSR count). The summed E-state index contributed by atoms with van der Waals surface area (Å²) < 4.78 is 0. The van der Waals surface area contributed by atoms with E-state index in [0.29, 0.717) is 16.8 Å². The number of para-hydroxylation sites is 2. The van der Waals surface area contributed by atoms with Crippen molar-refractivity contribution in [3.63, 3.8) is 0 Å². The van der Waals surface area contributed by atoms with Gasteiger partial charge in [0, 0.05) is 5.69 Å². The van der Waals surface area contributed by atoms with Crippen LogP contribution in [0.25, 0.3) is 0 Å². The van der Waals surface area contributed by atoms with Gasteiger partial charge in [-0.15, -0.1) is 5.10 Å². The van der Waals surface area contributed by atoms with Crippen LogP contribution in [0, 0.1) is 0 Å². The molecular formula is C19H20ClN5. The fraction of sp³-hybridized carbons (Fsp3) is 0.211. The molecule has 3 aromatic rings. The van der Waals surface area contributed by atoms with Crippen LogP contribution in [-0.2, 0) is 5.41 Å². The molecule has 0 fully saturated rings. The van der Waals surface area contributed by atoms with Crippen LogP contribution in [0.4, 0.5) is 23.1 Å². The van der Waals surface area contributed by atoms with Gasteiger partial charge in [-0.05, 0) is 29.2 Å². The lowest BCUT2D eigenvalue weighted by Gasteiger charge is -2.22. The molecule has 0 bridgehead atoms. The Morgan fingerprint density at radius 2 is 1.56 bits per heavy atom. The maximum absolute atomic E-state index is 6.17. The fourth-order valence-corrected chi connectivity index (χ4v) is 2.67. The van der Waals surface area contributed by atoms with Gasteiger partial charge in [-0.2, -0.15) is 10.1 Å². The van der Waals surface area contributed by atoms with Crippen LogP contribution in [0.5, 0.6) is 0 Å². The smallest absolute Gasteiger partial charge is 0.249 e. The molecule has 0 spiro atoms. The van der Waals surface area contributed by atoms with E-state index in [4.69, 9.17) is 11.6 Å². The normalized spacial score (nSPS) is 11.2. The van der Waals surface area contributed by atoms with Gasteiger partial charge in [0.15, 0.2) is 5.82 Å². The van der Waals surface area contributed by atoms with Gasteiger partial charge < -0.3 is 10.6 Å². The number of rotatable bonds is 4. The first-order valence-corrected chi connectivity index (χ1v) is 8.39. The minimum atomic E-state index is 0.00441. The number of hydrogen-bond acceptors (Lipinski definition) is 5. The highest BCUT2D eigenvalue weighted by Gasteiger charge is 2.18. The summed E-state index contributed by atoms with van der Waals surface area (Å²) in [6.45, 7) is 6.51. The molecule has 0 atom stereocenters. The molecule has 6 heteroatoms. The highest BCUT2D eigenvalue weighted by molar-refractivity contribution is 6.33. The fourth-order valence-electron chi connectivity index (χ4n) is 2.48. The van der Waals surface area contributed by atoms with Crippen LogP contribution in [0.1, 0.15) is 26.3 Å². The Bertz CT molecular complexity index is 873. The van der Waals surface area contributed by atoms with Crippen molar-refractivity contribution in [1.29, 1.82) is 0 Å². The monoisotopic (exact) mass is 353 g/mol. The van der Waals surface area contributed by atoms with Gasteiger partial charge in [0.05, 0.1) is 16.9 Å². The van der Waals surface area contributed by atoms with Crippen molar-refractivity contribution >= 4 is 34.7 Å². The lowest BCUT2D eigenvalue weighted by atomic mass is 9.86. The van der Waals surface area contributed by atoms with Crippen LogP contribution in [0.2, 0.25) is 5.02 Å². The molecule has 128 valence electrons. The van der Waals surface area contributed by atoms with Crippen molar-refractivity contribution in [3.05, 3.63) is 65.3 Å². The van der Waals surface area contributed by atoms with E-state index in [2.05, 4.69) is 52.7 Å². The Balaban J connectivity index is 1.85. The van der Waals surface area contributed by atoms with Gasteiger partial charge in [-0.3, -0.25) is 0 Å². The van der Waals surface area contributed by atoms with Gasteiger partial charge in [0.1, 0.15) is 0 Å². The Kier molecular flexibility index (Phi) is 4.86. The Morgan fingerprint density at radius 1 is 0.880 bits per heavy atom. The van der Waals surface area contributed by atoms with Crippen LogP contribution >= 0.6 is 11.6 Å². The quantitative estimate of drug-likeness (QED) is 0.665. The van der Waals surface area contributed by atoms with Crippen LogP contribution in [-0.4, -0.2) is 15.2 Å². The van der Waals surface area contributed by atoms with E-state index in [0.717, 1.165) is 11.4 Å². The lowest BCUT2D eigenvalue weighted by Crippen LogP contribution is -2.14. The predicted molar refractivity (Wildman–Crippen MR) is 103 cm³/mol. The second kappa shape index (κ2) is 7.07. The number of hydrogen-bond donors (Lipinski definition) is 2. The standard InChI is InChI=1S/C19H20ClN5/c1-19(2,3)13-8-4-6-10-15(13)23-18-24-17(12-21-25-18)22-16-11-7-5-9-14(16)20/h4-12H,1-3H3,(H2,22,23,24,25). The number of nitrogens with one attached hydrogen (secondary N) is 2. The zero-order valence-electron chi connectivity index (χ0n) is 14.4. The highest BCUT2D eigenvalue weighted by atomic mass is 35.5. The van der Waals surface area contributed by atoms with Crippen molar-refractivity contribution in [2.45, 2.75) is 26.2 Å². The molecule has 5 nitrogen and oxygen atoms in total. The van der Waals surface area contributed by atoms with E-state index in [1.807, 2.05) is 42.5 Å². The van der Waals surface area contributed by atoms with E-state index in [-0.39, 0.29) is 5.41 Å². The molecule has 1 aromatic heterocycles. The molecule has 0 saturated heterocycles. The number of aromatic nitrogens is 3. The molecule has 25 heavy (non-hydrogen) atoms. The molecule has 0 aliphatic heterocycles. The zero-order valence-corrected chi connectivity index (χ0v) is 15.2. The molecular weight excluding hydrogens is 334 g/mol. The van der Waals surface area contributed by atoms with Gasteiger partial charge >= 0.3 is 0 Å². The Labute approximate surface area is 152 Å². The van der Waals surface area contributed by atoms with Crippen LogP contribution in [0.3, 0.4) is 0 Å². The summed E-state index contributed by atoms with van der Waals surface area (Å²) in [4.78, 5) is 4.47. The van der Waals surface area contributed by atoms with E-state index >= 15 is 0 Å². The summed E-state index contributed by atoms with van der Waals surface area (Å²) in [7, 11) is 0. The third kappa shape index (κ3) is 4.25. The number of halogens is 1. The van der Waals surface area contributed by atoms with Crippen molar-refractivity contribution in [2.24, 2.45) is 0 Å². The van der Waals surface area contributed by atoms with Crippen molar-refractivity contribution in [3.8, 4) is 0 Å². The Hall–Kier alpha value is -2.66. The minimum Gasteiger partial charge on any atom is -0.338 e. The minimum absolute atomic E-state index is 0.00441. The van der Waals surface area contributed by atoms with E-state index in [1.165, 1.54) is 5.56 Å². The van der Waals surface area contributed by atoms with Crippen molar-refractivity contribution in [2.75, 3.05) is 10.6 Å². The number of benzene rings is 2. The molecule has 0 saturated carbocycles. The van der Waals surface area contributed by atoms with Crippen LogP contribution < -0.4 is 10.6 Å². The number of anilines is 4. The summed E-state index contributed by atoms with van der Waals surface area (Å²) in [6, 6.07) is 15.6. The molecule has 0 unspecified atom stereocenters. The van der Waals surface area contributed by atoms with E-state index in [9.17, 15) is 0 Å². The number of nitrogens with zero attached hydrogens (tertiary/aromatic N) is 3. The summed E-state index contributed by atoms with van der Waals surface area (Å²) in [5.74, 6) is 0.993. The molecule has 0 aliphatic carbocycles. The summed E-state index contributed by atoms with van der Waals surface area (Å²) in [6.07, 6.45) is 1.56. The van der Waals surface area contributed by atoms with Gasteiger partial charge in [0.25, 0.3) is 0 Å². The summed E-state index contributed by atoms with van der Waals surface area (Å²) in [5.41, 5.74) is 2.92. The average Bonchev–Trinajstić information content (AvgIpc) is 2.57.